The molecule has 0 saturated carbocycles. The second-order valence-corrected chi connectivity index (χ2v) is 5.98. The molecule has 3 heterocycles. The third kappa shape index (κ3) is 2.88. The zero-order valence-corrected chi connectivity index (χ0v) is 13.4. The predicted octanol–water partition coefficient (Wildman–Crippen LogP) is 1.25. The van der Waals surface area contributed by atoms with Crippen LogP contribution in [0.4, 0.5) is 5.69 Å². The van der Waals surface area contributed by atoms with Crippen LogP contribution in [0.15, 0.2) is 53.7 Å². The smallest absolute Gasteiger partial charge is 0.275 e. The summed E-state index contributed by atoms with van der Waals surface area (Å²) in [5.74, 6) is 0. The highest BCUT2D eigenvalue weighted by Gasteiger charge is 2.12. The first-order valence-electron chi connectivity index (χ1n) is 8.16. The maximum absolute atomic E-state index is 12.8. The number of nitrogens with zero attached hydrogens (tertiary/aromatic N) is 4. The number of nitrogens with one attached hydrogen (secondary N) is 1. The first-order valence-corrected chi connectivity index (χ1v) is 8.16. The van der Waals surface area contributed by atoms with Gasteiger partial charge in [-0.25, -0.2) is 4.68 Å². The summed E-state index contributed by atoms with van der Waals surface area (Å²) in [6.45, 7) is 4.29. The van der Waals surface area contributed by atoms with Crippen LogP contribution in [0.5, 0.6) is 0 Å². The number of benzene rings is 1. The maximum atomic E-state index is 12.8. The zero-order valence-electron chi connectivity index (χ0n) is 13.4. The molecule has 0 atom stereocenters. The van der Waals surface area contributed by atoms with Crippen LogP contribution >= 0.6 is 0 Å². The molecule has 1 aliphatic heterocycles. The van der Waals surface area contributed by atoms with Gasteiger partial charge in [0.05, 0.1) is 18.1 Å². The second kappa shape index (κ2) is 6.41. The van der Waals surface area contributed by atoms with Crippen LogP contribution in [0, 0.1) is 0 Å². The van der Waals surface area contributed by atoms with Crippen molar-refractivity contribution in [2.75, 3.05) is 31.1 Å². The van der Waals surface area contributed by atoms with Crippen LogP contribution in [0.3, 0.4) is 0 Å². The van der Waals surface area contributed by atoms with Crippen LogP contribution in [0.1, 0.15) is 5.56 Å². The van der Waals surface area contributed by atoms with Crippen molar-refractivity contribution in [3.05, 3.63) is 64.8 Å². The van der Waals surface area contributed by atoms with Crippen LogP contribution in [-0.2, 0) is 6.54 Å². The van der Waals surface area contributed by atoms with Gasteiger partial charge in [-0.05, 0) is 23.8 Å². The first kappa shape index (κ1) is 14.8. The van der Waals surface area contributed by atoms with Gasteiger partial charge in [-0.1, -0.05) is 12.1 Å². The van der Waals surface area contributed by atoms with E-state index in [1.54, 1.807) is 18.6 Å². The van der Waals surface area contributed by atoms with Gasteiger partial charge < -0.3 is 10.2 Å². The molecule has 1 saturated heterocycles. The van der Waals surface area contributed by atoms with Crippen LogP contribution in [0.25, 0.3) is 10.8 Å². The molecule has 1 aromatic carbocycles. The van der Waals surface area contributed by atoms with E-state index in [1.807, 2.05) is 24.3 Å². The summed E-state index contributed by atoms with van der Waals surface area (Å²) in [5, 5.41) is 9.23. The number of anilines is 1. The fraction of sp³-hybridized carbons (Fsp3) is 0.278. The minimum atomic E-state index is -0.0617. The van der Waals surface area contributed by atoms with Crippen molar-refractivity contribution in [1.29, 1.82) is 0 Å². The minimum Gasteiger partial charge on any atom is -0.369 e. The number of aromatic nitrogens is 3. The van der Waals surface area contributed by atoms with E-state index in [1.165, 1.54) is 4.68 Å². The molecule has 122 valence electrons. The lowest BCUT2D eigenvalue weighted by molar-refractivity contribution is 0.589. The van der Waals surface area contributed by atoms with Crippen molar-refractivity contribution in [2.45, 2.75) is 6.54 Å². The number of rotatable bonds is 3. The quantitative estimate of drug-likeness (QED) is 0.787. The molecule has 3 aromatic rings. The third-order valence-corrected chi connectivity index (χ3v) is 4.38. The fourth-order valence-corrected chi connectivity index (χ4v) is 3.06. The summed E-state index contributed by atoms with van der Waals surface area (Å²) >= 11 is 0. The van der Waals surface area contributed by atoms with Gasteiger partial charge in [0.25, 0.3) is 5.56 Å². The highest BCUT2D eigenvalue weighted by molar-refractivity contribution is 5.84. The molecule has 1 fully saturated rings. The Hall–Kier alpha value is -2.73. The van der Waals surface area contributed by atoms with E-state index >= 15 is 0 Å². The summed E-state index contributed by atoms with van der Waals surface area (Å²) in [6.07, 6.45) is 5.24. The van der Waals surface area contributed by atoms with E-state index in [9.17, 15) is 4.79 Å². The van der Waals surface area contributed by atoms with Gasteiger partial charge >= 0.3 is 0 Å². The summed E-state index contributed by atoms with van der Waals surface area (Å²) < 4.78 is 1.50. The van der Waals surface area contributed by atoms with Crippen molar-refractivity contribution >= 4 is 16.5 Å². The molecule has 0 radical (unpaired) electrons. The third-order valence-electron chi connectivity index (χ3n) is 4.38. The van der Waals surface area contributed by atoms with Crippen molar-refractivity contribution in [1.82, 2.24) is 20.1 Å². The highest BCUT2D eigenvalue weighted by atomic mass is 16.1. The molecule has 0 amide bonds. The summed E-state index contributed by atoms with van der Waals surface area (Å²) in [7, 11) is 0. The zero-order chi connectivity index (χ0) is 16.4. The molecule has 24 heavy (non-hydrogen) atoms. The average Bonchev–Trinajstić information content (AvgIpc) is 2.65. The van der Waals surface area contributed by atoms with E-state index in [2.05, 4.69) is 26.4 Å². The van der Waals surface area contributed by atoms with Crippen molar-refractivity contribution in [2.24, 2.45) is 0 Å². The van der Waals surface area contributed by atoms with Gasteiger partial charge in [0.15, 0.2) is 0 Å². The van der Waals surface area contributed by atoms with E-state index in [0.29, 0.717) is 11.9 Å². The van der Waals surface area contributed by atoms with Gasteiger partial charge in [-0.3, -0.25) is 9.78 Å². The highest BCUT2D eigenvalue weighted by Crippen LogP contribution is 2.20. The van der Waals surface area contributed by atoms with Crippen LogP contribution < -0.4 is 15.8 Å². The van der Waals surface area contributed by atoms with E-state index in [4.69, 9.17) is 0 Å². The largest absolute Gasteiger partial charge is 0.369 e. The van der Waals surface area contributed by atoms with Crippen LogP contribution in [0.2, 0.25) is 0 Å². The Bertz CT molecular complexity index is 900. The van der Waals surface area contributed by atoms with Crippen molar-refractivity contribution < 1.29 is 0 Å². The van der Waals surface area contributed by atoms with Gasteiger partial charge in [0, 0.05) is 49.6 Å². The van der Waals surface area contributed by atoms with Crippen molar-refractivity contribution in [3.8, 4) is 0 Å². The fourth-order valence-electron chi connectivity index (χ4n) is 3.06. The topological polar surface area (TPSA) is 63.1 Å². The number of fused-ring (bicyclic) bond motifs is 1. The lowest BCUT2D eigenvalue weighted by atomic mass is 10.1. The molecule has 2 aromatic heterocycles. The monoisotopic (exact) mass is 321 g/mol. The minimum absolute atomic E-state index is 0.0617. The molecule has 6 heteroatoms. The number of pyridine rings is 1. The SMILES string of the molecule is O=c1c2cc(N3CCNCC3)ccc2cnn1Cc1cccnc1. The average molecular weight is 321 g/mol. The van der Waals surface area contributed by atoms with Crippen molar-refractivity contribution in [3.63, 3.8) is 0 Å². The Balaban J connectivity index is 1.72. The molecule has 4 rings (SSSR count). The first-order chi connectivity index (χ1) is 11.8. The molecule has 1 aliphatic rings. The number of hydrogen-bond donors (Lipinski definition) is 1. The van der Waals surface area contributed by atoms with Gasteiger partial charge in [-0.15, -0.1) is 0 Å². The predicted molar refractivity (Wildman–Crippen MR) is 94.4 cm³/mol. The molecule has 1 N–H and O–H groups in total. The standard InChI is InChI=1S/C18H19N5O/c24-18-17-10-16(22-8-6-19-7-9-22)4-3-15(17)12-21-23(18)13-14-2-1-5-20-11-14/h1-5,10-12,19H,6-9,13H2. The maximum Gasteiger partial charge on any atom is 0.275 e. The molecule has 6 nitrogen and oxygen atoms in total. The summed E-state index contributed by atoms with van der Waals surface area (Å²) in [6, 6.07) is 9.85. The molecular weight excluding hydrogens is 302 g/mol. The molecule has 0 spiro atoms. The Morgan fingerprint density at radius 3 is 2.79 bits per heavy atom. The molecule has 0 aliphatic carbocycles. The summed E-state index contributed by atoms with van der Waals surface area (Å²) in [4.78, 5) is 19.2. The van der Waals surface area contributed by atoms with Gasteiger partial charge in [0.2, 0.25) is 0 Å². The Morgan fingerprint density at radius 2 is 2.00 bits per heavy atom. The molecular formula is C18H19N5O. The number of hydrogen-bond acceptors (Lipinski definition) is 5. The van der Waals surface area contributed by atoms with E-state index in [-0.39, 0.29) is 5.56 Å². The number of piperazine rings is 1. The van der Waals surface area contributed by atoms with Crippen LogP contribution in [-0.4, -0.2) is 40.9 Å². The molecule has 0 unspecified atom stereocenters. The van der Waals surface area contributed by atoms with E-state index < -0.39 is 0 Å². The lowest BCUT2D eigenvalue weighted by Crippen LogP contribution is -2.43. The Morgan fingerprint density at radius 1 is 1.12 bits per heavy atom. The Kier molecular flexibility index (Phi) is 3.96. The summed E-state index contributed by atoms with van der Waals surface area (Å²) in [5.41, 5.74) is 2.00. The van der Waals surface area contributed by atoms with Gasteiger partial charge in [0.1, 0.15) is 0 Å². The lowest BCUT2D eigenvalue weighted by Gasteiger charge is -2.29. The van der Waals surface area contributed by atoms with Gasteiger partial charge in [-0.2, -0.15) is 5.10 Å². The van der Waals surface area contributed by atoms with E-state index in [0.717, 1.165) is 42.8 Å². The normalized spacial score (nSPS) is 14.9. The Labute approximate surface area is 139 Å². The molecule has 0 bridgehead atoms. The second-order valence-electron chi connectivity index (χ2n) is 5.98.